The Morgan fingerprint density at radius 1 is 0.862 bits per heavy atom. The van der Waals surface area contributed by atoms with Crippen LogP contribution in [-0.2, 0) is 19.7 Å². The van der Waals surface area contributed by atoms with Crippen LogP contribution in [0, 0.1) is 0 Å². The molecule has 0 amide bonds. The first-order chi connectivity index (χ1) is 13.6. The molecule has 0 atom stereocenters. The van der Waals surface area contributed by atoms with Gasteiger partial charge in [0.25, 0.3) is 0 Å². The van der Waals surface area contributed by atoms with Gasteiger partial charge in [0.2, 0.25) is 0 Å². The molecule has 9 heteroatoms. The molecule has 0 aliphatic carbocycles. The molecule has 1 heterocycles. The van der Waals surface area contributed by atoms with Crippen molar-refractivity contribution in [1.82, 2.24) is 4.90 Å². The van der Waals surface area contributed by atoms with Crippen LogP contribution in [0.1, 0.15) is 0 Å². The van der Waals surface area contributed by atoms with Crippen LogP contribution in [0.2, 0.25) is 0 Å². The van der Waals surface area contributed by atoms with Gasteiger partial charge in [-0.2, -0.15) is 0 Å². The van der Waals surface area contributed by atoms with Gasteiger partial charge in [-0.15, -0.1) is 0 Å². The van der Waals surface area contributed by atoms with E-state index < -0.39 is 19.7 Å². The minimum absolute atomic E-state index is 0.0124. The molecular weight excluding hydrogens is 412 g/mol. The third kappa shape index (κ3) is 5.71. The molecule has 1 aliphatic heterocycles. The van der Waals surface area contributed by atoms with Crippen LogP contribution in [-0.4, -0.2) is 73.6 Å². The zero-order chi connectivity index (χ0) is 21.1. The zero-order valence-electron chi connectivity index (χ0n) is 16.6. The Morgan fingerprint density at radius 2 is 1.52 bits per heavy atom. The molecule has 3 rings (SSSR count). The lowest BCUT2D eigenvalue weighted by Crippen LogP contribution is -2.47. The van der Waals surface area contributed by atoms with Gasteiger partial charge in [-0.25, -0.2) is 16.8 Å². The Kier molecular flexibility index (Phi) is 6.50. The van der Waals surface area contributed by atoms with Crippen LogP contribution in [0.3, 0.4) is 0 Å². The molecule has 1 fully saturated rings. The van der Waals surface area contributed by atoms with Crippen LogP contribution < -0.4 is 9.64 Å². The van der Waals surface area contributed by atoms with Gasteiger partial charge in [0.05, 0.1) is 15.5 Å². The lowest BCUT2D eigenvalue weighted by atomic mass is 10.2. The van der Waals surface area contributed by atoms with E-state index in [-0.39, 0.29) is 9.79 Å². The van der Waals surface area contributed by atoms with Crippen LogP contribution in [0.25, 0.3) is 0 Å². The molecule has 2 aromatic rings. The zero-order valence-corrected chi connectivity index (χ0v) is 18.2. The molecule has 158 valence electrons. The van der Waals surface area contributed by atoms with E-state index in [1.54, 1.807) is 6.07 Å². The average Bonchev–Trinajstić information content (AvgIpc) is 2.67. The molecule has 1 aliphatic rings. The van der Waals surface area contributed by atoms with E-state index in [4.69, 9.17) is 4.74 Å². The quantitative estimate of drug-likeness (QED) is 0.650. The molecule has 29 heavy (non-hydrogen) atoms. The summed E-state index contributed by atoms with van der Waals surface area (Å²) in [5.74, 6) is 0.842. The number of nitrogens with zero attached hydrogens (tertiary/aromatic N) is 2. The number of para-hydroxylation sites is 1. The van der Waals surface area contributed by atoms with Crippen molar-refractivity contribution in [1.29, 1.82) is 0 Å². The minimum atomic E-state index is -3.56. The van der Waals surface area contributed by atoms with Crippen LogP contribution in [0.15, 0.2) is 58.3 Å². The summed E-state index contributed by atoms with van der Waals surface area (Å²) in [6, 6.07) is 14.0. The molecule has 0 radical (unpaired) electrons. The molecule has 0 N–H and O–H groups in total. The van der Waals surface area contributed by atoms with E-state index in [0.29, 0.717) is 25.4 Å². The van der Waals surface area contributed by atoms with Crippen molar-refractivity contribution in [3.8, 4) is 5.75 Å². The highest BCUT2D eigenvalue weighted by Gasteiger charge is 2.24. The summed E-state index contributed by atoms with van der Waals surface area (Å²) in [4.78, 5) is 4.33. The van der Waals surface area contributed by atoms with Crippen LogP contribution >= 0.6 is 0 Å². The van der Waals surface area contributed by atoms with Crippen molar-refractivity contribution in [3.05, 3.63) is 48.5 Å². The van der Waals surface area contributed by atoms with E-state index in [0.717, 1.165) is 37.9 Å². The molecule has 0 unspecified atom stereocenters. The first-order valence-corrected chi connectivity index (χ1v) is 13.1. The summed E-state index contributed by atoms with van der Waals surface area (Å²) < 4.78 is 53.9. The van der Waals surface area contributed by atoms with Crippen molar-refractivity contribution >= 4 is 25.4 Å². The second-order valence-electron chi connectivity index (χ2n) is 7.16. The lowest BCUT2D eigenvalue weighted by Gasteiger charge is -2.36. The summed E-state index contributed by atoms with van der Waals surface area (Å²) in [7, 11) is -7.04. The highest BCUT2D eigenvalue weighted by Crippen LogP contribution is 2.29. The molecule has 0 saturated carbocycles. The van der Waals surface area contributed by atoms with Gasteiger partial charge < -0.3 is 9.64 Å². The number of anilines is 1. The summed E-state index contributed by atoms with van der Waals surface area (Å²) in [6.45, 7) is 4.23. The second-order valence-corrected chi connectivity index (χ2v) is 11.2. The molecule has 1 saturated heterocycles. The van der Waals surface area contributed by atoms with Gasteiger partial charge in [-0.3, -0.25) is 4.90 Å². The van der Waals surface area contributed by atoms with Crippen molar-refractivity contribution in [3.63, 3.8) is 0 Å². The van der Waals surface area contributed by atoms with Crippen molar-refractivity contribution in [2.45, 2.75) is 9.79 Å². The lowest BCUT2D eigenvalue weighted by molar-refractivity contribution is 0.200. The van der Waals surface area contributed by atoms with Crippen molar-refractivity contribution < 1.29 is 21.6 Å². The number of benzene rings is 2. The number of sulfone groups is 2. The minimum Gasteiger partial charge on any atom is -0.492 e. The predicted octanol–water partition coefficient (Wildman–Crippen LogP) is 1.69. The smallest absolute Gasteiger partial charge is 0.177 e. The fourth-order valence-electron chi connectivity index (χ4n) is 3.31. The molecule has 2 aromatic carbocycles. The number of hydrogen-bond donors (Lipinski definition) is 0. The van der Waals surface area contributed by atoms with E-state index in [1.165, 1.54) is 12.1 Å². The number of ether oxygens (including phenoxy) is 1. The molecule has 0 spiro atoms. The van der Waals surface area contributed by atoms with Gasteiger partial charge in [0.15, 0.2) is 19.7 Å². The molecule has 7 nitrogen and oxygen atoms in total. The Hall–Kier alpha value is -2.10. The van der Waals surface area contributed by atoms with Crippen LogP contribution in [0.5, 0.6) is 5.75 Å². The van der Waals surface area contributed by atoms with Gasteiger partial charge in [0, 0.05) is 45.2 Å². The summed E-state index contributed by atoms with van der Waals surface area (Å²) in [5.41, 5.74) is 0.556. The van der Waals surface area contributed by atoms with E-state index in [1.807, 2.05) is 35.2 Å². The van der Waals surface area contributed by atoms with Gasteiger partial charge in [-0.05, 0) is 30.3 Å². The maximum Gasteiger partial charge on any atom is 0.177 e. The van der Waals surface area contributed by atoms with E-state index >= 15 is 0 Å². The number of hydrogen-bond acceptors (Lipinski definition) is 7. The average molecular weight is 439 g/mol. The first kappa shape index (κ1) is 21.6. The maximum atomic E-state index is 12.3. The highest BCUT2D eigenvalue weighted by molar-refractivity contribution is 7.91. The van der Waals surface area contributed by atoms with Gasteiger partial charge in [0.1, 0.15) is 12.4 Å². The molecule has 0 bridgehead atoms. The summed E-state index contributed by atoms with van der Waals surface area (Å²) >= 11 is 0. The SMILES string of the molecule is CS(=O)(=O)c1ccc(N2CCN(CCOc3ccccc3)CC2)c(S(C)(=O)=O)c1. The third-order valence-electron chi connectivity index (χ3n) is 4.89. The van der Waals surface area contributed by atoms with Crippen molar-refractivity contribution in [2.75, 3.05) is 56.7 Å². The number of rotatable bonds is 7. The Bertz CT molecular complexity index is 1050. The van der Waals surface area contributed by atoms with Gasteiger partial charge in [-0.1, -0.05) is 18.2 Å². The normalized spacial score (nSPS) is 16.0. The summed E-state index contributed by atoms with van der Waals surface area (Å²) in [6.07, 6.45) is 2.18. The fourth-order valence-corrected chi connectivity index (χ4v) is 4.94. The third-order valence-corrected chi connectivity index (χ3v) is 7.13. The topological polar surface area (TPSA) is 84.0 Å². The van der Waals surface area contributed by atoms with Crippen molar-refractivity contribution in [2.24, 2.45) is 0 Å². The van der Waals surface area contributed by atoms with E-state index in [9.17, 15) is 16.8 Å². The number of piperazine rings is 1. The fraction of sp³-hybridized carbons (Fsp3) is 0.400. The standard InChI is InChI=1S/C20H26N2O5S2/c1-28(23,24)18-8-9-19(20(16-18)29(2,25)26)22-12-10-21(11-13-22)14-15-27-17-6-4-3-5-7-17/h3-9,16H,10-15H2,1-2H3. The highest BCUT2D eigenvalue weighted by atomic mass is 32.2. The monoisotopic (exact) mass is 438 g/mol. The Labute approximate surface area is 172 Å². The van der Waals surface area contributed by atoms with Crippen LogP contribution in [0.4, 0.5) is 5.69 Å². The first-order valence-electron chi connectivity index (χ1n) is 9.34. The molecule has 0 aromatic heterocycles. The Morgan fingerprint density at radius 3 is 2.10 bits per heavy atom. The summed E-state index contributed by atoms with van der Waals surface area (Å²) in [5, 5.41) is 0. The Balaban J connectivity index is 1.64. The second kappa shape index (κ2) is 8.73. The van der Waals surface area contributed by atoms with Gasteiger partial charge >= 0.3 is 0 Å². The maximum absolute atomic E-state index is 12.3. The predicted molar refractivity (Wildman–Crippen MR) is 113 cm³/mol. The largest absolute Gasteiger partial charge is 0.492 e. The molecular formula is C20H26N2O5S2. The van der Waals surface area contributed by atoms with E-state index in [2.05, 4.69) is 4.90 Å².